The molecule has 1 heterocycles. The van der Waals surface area contributed by atoms with Crippen LogP contribution in [0.2, 0.25) is 0 Å². The Balaban J connectivity index is 2.78. The van der Waals surface area contributed by atoms with Gasteiger partial charge in [-0.2, -0.15) is 4.31 Å². The Kier molecular flexibility index (Phi) is 5.74. The highest BCUT2D eigenvalue weighted by Crippen LogP contribution is 2.22. The summed E-state index contributed by atoms with van der Waals surface area (Å²) in [6, 6.07) is -0.776. The molecule has 1 atom stereocenters. The lowest BCUT2D eigenvalue weighted by atomic mass is 10.1. The molecule has 0 bridgehead atoms. The van der Waals surface area contributed by atoms with Crippen LogP contribution in [0.3, 0.4) is 0 Å². The van der Waals surface area contributed by atoms with E-state index in [-0.39, 0.29) is 18.7 Å². The number of hydrogen-bond acceptors (Lipinski definition) is 6. The van der Waals surface area contributed by atoms with Crippen molar-refractivity contribution in [2.75, 3.05) is 26.5 Å². The first kappa shape index (κ1) is 15.9. The summed E-state index contributed by atoms with van der Waals surface area (Å²) in [7, 11) is -1.23. The molecule has 0 aliphatic carbocycles. The second-order valence-corrected chi connectivity index (χ2v) is 6.33. The lowest BCUT2D eigenvalue weighted by molar-refractivity contribution is -0.146. The van der Waals surface area contributed by atoms with Crippen molar-refractivity contribution in [3.05, 3.63) is 0 Å². The van der Waals surface area contributed by atoms with Crippen LogP contribution in [0.1, 0.15) is 25.7 Å². The molecule has 1 fully saturated rings. The van der Waals surface area contributed by atoms with Crippen LogP contribution in [0.25, 0.3) is 0 Å². The molecule has 0 saturated carbocycles. The highest BCUT2D eigenvalue weighted by atomic mass is 32.2. The molecule has 0 amide bonds. The van der Waals surface area contributed by atoms with Crippen LogP contribution in [0.15, 0.2) is 0 Å². The lowest BCUT2D eigenvalue weighted by Crippen LogP contribution is -2.49. The van der Waals surface area contributed by atoms with Crippen LogP contribution < -0.4 is 0 Å². The quantitative estimate of drug-likeness (QED) is 0.658. The second kappa shape index (κ2) is 6.85. The summed E-state index contributed by atoms with van der Waals surface area (Å²) in [5, 5.41) is 0. The van der Waals surface area contributed by atoms with Crippen LogP contribution in [0, 0.1) is 0 Å². The molecule has 1 saturated heterocycles. The van der Waals surface area contributed by atoms with E-state index in [2.05, 4.69) is 9.47 Å². The van der Waals surface area contributed by atoms with E-state index in [1.54, 1.807) is 0 Å². The van der Waals surface area contributed by atoms with Gasteiger partial charge in [-0.1, -0.05) is 0 Å². The minimum absolute atomic E-state index is 0.219. The molecule has 0 aromatic carbocycles. The molecule has 0 unspecified atom stereocenters. The Labute approximate surface area is 112 Å². The number of rotatable bonds is 5. The van der Waals surface area contributed by atoms with Crippen LogP contribution in [0.5, 0.6) is 0 Å². The molecule has 110 valence electrons. The van der Waals surface area contributed by atoms with Gasteiger partial charge in [-0.3, -0.25) is 9.59 Å². The standard InChI is InChI=1S/C11H19NO6S/c1-17-10(13)6-8-19(15,16)12-7-4-3-5-9(12)11(14)18-2/h9H,3-8H2,1-2H3/t9-/m1/s1. The maximum Gasteiger partial charge on any atom is 0.324 e. The Bertz CT molecular complexity index is 432. The molecule has 1 aliphatic heterocycles. The van der Waals surface area contributed by atoms with Crippen molar-refractivity contribution in [1.82, 2.24) is 4.31 Å². The third kappa shape index (κ3) is 4.17. The predicted octanol–water partition coefficient (Wildman–Crippen LogP) is -0.0932. The van der Waals surface area contributed by atoms with Crippen LogP contribution in [-0.2, 0) is 29.1 Å². The van der Waals surface area contributed by atoms with E-state index in [4.69, 9.17) is 0 Å². The number of nitrogens with zero attached hydrogens (tertiary/aromatic N) is 1. The lowest BCUT2D eigenvalue weighted by Gasteiger charge is -2.32. The number of esters is 2. The van der Waals surface area contributed by atoms with E-state index in [0.29, 0.717) is 12.8 Å². The molecule has 0 spiro atoms. The zero-order valence-corrected chi connectivity index (χ0v) is 11.9. The third-order valence-electron chi connectivity index (χ3n) is 3.08. The summed E-state index contributed by atoms with van der Waals surface area (Å²) in [5.74, 6) is -1.50. The maximum atomic E-state index is 12.1. The predicted molar refractivity (Wildman–Crippen MR) is 66.8 cm³/mol. The summed E-state index contributed by atoms with van der Waals surface area (Å²) < 4.78 is 34.5. The largest absolute Gasteiger partial charge is 0.469 e. The van der Waals surface area contributed by atoms with E-state index in [1.807, 2.05) is 0 Å². The number of carbonyl (C=O) groups excluding carboxylic acids is 2. The van der Waals surface area contributed by atoms with Gasteiger partial charge in [0.15, 0.2) is 0 Å². The third-order valence-corrected chi connectivity index (χ3v) is 4.95. The molecular weight excluding hydrogens is 274 g/mol. The van der Waals surface area contributed by atoms with Gasteiger partial charge < -0.3 is 9.47 Å². The summed E-state index contributed by atoms with van der Waals surface area (Å²) in [5.41, 5.74) is 0. The highest BCUT2D eigenvalue weighted by Gasteiger charge is 2.37. The molecule has 8 heteroatoms. The molecular formula is C11H19NO6S. The van der Waals surface area contributed by atoms with E-state index in [0.717, 1.165) is 10.7 Å². The number of methoxy groups -OCH3 is 2. The Morgan fingerprint density at radius 2 is 1.89 bits per heavy atom. The molecule has 7 nitrogen and oxygen atoms in total. The zero-order valence-electron chi connectivity index (χ0n) is 11.1. The second-order valence-electron chi connectivity index (χ2n) is 4.29. The van der Waals surface area contributed by atoms with Crippen molar-refractivity contribution in [2.24, 2.45) is 0 Å². The van der Waals surface area contributed by atoms with Crippen LogP contribution in [0.4, 0.5) is 0 Å². The van der Waals surface area contributed by atoms with Crippen molar-refractivity contribution in [3.63, 3.8) is 0 Å². The van der Waals surface area contributed by atoms with Crippen molar-refractivity contribution in [3.8, 4) is 0 Å². The van der Waals surface area contributed by atoms with Gasteiger partial charge in [0.25, 0.3) is 0 Å². The highest BCUT2D eigenvalue weighted by molar-refractivity contribution is 7.89. The SMILES string of the molecule is COC(=O)CCS(=O)(=O)N1CCCC[C@@H]1C(=O)OC. The first-order chi connectivity index (χ1) is 8.92. The van der Waals surface area contributed by atoms with Crippen molar-refractivity contribution in [2.45, 2.75) is 31.7 Å². The summed E-state index contributed by atoms with van der Waals surface area (Å²) in [6.45, 7) is 0.281. The summed E-state index contributed by atoms with van der Waals surface area (Å²) in [6.07, 6.45) is 1.71. The summed E-state index contributed by atoms with van der Waals surface area (Å²) in [4.78, 5) is 22.6. The summed E-state index contributed by atoms with van der Waals surface area (Å²) >= 11 is 0. The number of piperidine rings is 1. The minimum Gasteiger partial charge on any atom is -0.469 e. The normalized spacial score (nSPS) is 20.8. The number of hydrogen-bond donors (Lipinski definition) is 0. The van der Waals surface area contributed by atoms with E-state index >= 15 is 0 Å². The van der Waals surface area contributed by atoms with E-state index < -0.39 is 28.0 Å². The van der Waals surface area contributed by atoms with E-state index in [1.165, 1.54) is 14.2 Å². The fourth-order valence-corrected chi connectivity index (χ4v) is 3.69. The molecule has 1 aliphatic rings. The molecule has 0 aromatic rings. The van der Waals surface area contributed by atoms with Gasteiger partial charge >= 0.3 is 11.9 Å². The smallest absolute Gasteiger partial charge is 0.324 e. The topological polar surface area (TPSA) is 90.0 Å². The number of sulfonamides is 1. The monoisotopic (exact) mass is 293 g/mol. The number of ether oxygens (including phenoxy) is 2. The Morgan fingerprint density at radius 3 is 2.47 bits per heavy atom. The molecule has 0 aromatic heterocycles. The fourth-order valence-electron chi connectivity index (χ4n) is 2.04. The van der Waals surface area contributed by atoms with E-state index in [9.17, 15) is 18.0 Å². The van der Waals surface area contributed by atoms with Crippen LogP contribution in [-0.4, -0.2) is 57.2 Å². The van der Waals surface area contributed by atoms with Crippen LogP contribution >= 0.6 is 0 Å². The zero-order chi connectivity index (χ0) is 14.5. The van der Waals surface area contributed by atoms with Gasteiger partial charge in [0.05, 0.1) is 26.4 Å². The first-order valence-corrected chi connectivity index (χ1v) is 7.67. The Morgan fingerprint density at radius 1 is 1.21 bits per heavy atom. The Hall–Kier alpha value is -1.15. The van der Waals surface area contributed by atoms with Crippen molar-refractivity contribution >= 4 is 22.0 Å². The van der Waals surface area contributed by atoms with Gasteiger partial charge in [0.2, 0.25) is 10.0 Å². The van der Waals surface area contributed by atoms with Crippen molar-refractivity contribution < 1.29 is 27.5 Å². The van der Waals surface area contributed by atoms with Gasteiger partial charge in [0.1, 0.15) is 6.04 Å². The number of carbonyl (C=O) groups is 2. The fraction of sp³-hybridized carbons (Fsp3) is 0.818. The molecule has 0 N–H and O–H groups in total. The first-order valence-electron chi connectivity index (χ1n) is 6.06. The van der Waals surface area contributed by atoms with Crippen molar-refractivity contribution in [1.29, 1.82) is 0 Å². The molecule has 19 heavy (non-hydrogen) atoms. The minimum atomic E-state index is -3.66. The molecule has 1 rings (SSSR count). The average Bonchev–Trinajstić information content (AvgIpc) is 2.43. The van der Waals surface area contributed by atoms with Gasteiger partial charge in [-0.15, -0.1) is 0 Å². The maximum absolute atomic E-state index is 12.1. The van der Waals surface area contributed by atoms with Gasteiger partial charge in [0, 0.05) is 6.54 Å². The van der Waals surface area contributed by atoms with Gasteiger partial charge in [-0.05, 0) is 19.3 Å². The van der Waals surface area contributed by atoms with Gasteiger partial charge in [-0.25, -0.2) is 8.42 Å². The average molecular weight is 293 g/mol. The molecule has 0 radical (unpaired) electrons.